The first kappa shape index (κ1) is 22.3. The largest absolute Gasteiger partial charge is 0.378 e. The Morgan fingerprint density at radius 3 is 1.52 bits per heavy atom. The van der Waals surface area contributed by atoms with E-state index in [0.29, 0.717) is 11.1 Å². The second-order valence-corrected chi connectivity index (χ2v) is 8.02. The van der Waals surface area contributed by atoms with E-state index in [1.807, 2.05) is 98.7 Å². The van der Waals surface area contributed by atoms with Gasteiger partial charge in [0.05, 0.1) is 13.1 Å². The number of anilines is 2. The highest BCUT2D eigenvalue weighted by atomic mass is 16.7. The smallest absolute Gasteiger partial charge is 0.322 e. The number of benzene rings is 2. The fraction of sp³-hybridized carbons (Fsp3) is 0.280. The van der Waals surface area contributed by atoms with Crippen LogP contribution in [0.3, 0.4) is 0 Å². The van der Waals surface area contributed by atoms with Crippen LogP contribution in [0.5, 0.6) is 0 Å². The molecule has 1 saturated heterocycles. The van der Waals surface area contributed by atoms with Crippen LogP contribution in [0.25, 0.3) is 12.2 Å². The summed E-state index contributed by atoms with van der Waals surface area (Å²) in [5.41, 5.74) is 5.19. The van der Waals surface area contributed by atoms with Crippen molar-refractivity contribution >= 4 is 35.3 Å². The third-order valence-corrected chi connectivity index (χ3v) is 5.04. The standard InChI is InChI=1S/C25H29N3O3/c1-18(29)31-28-16-21(14-19-6-10-23(11-7-19)26(2)3)25(30)22(17-28)15-20-8-12-24(13-9-20)27(4)5/h6-15H,16-17H2,1-5H3/b21-14+,22-15+. The predicted octanol–water partition coefficient (Wildman–Crippen LogP) is 3.65. The van der Waals surface area contributed by atoms with Gasteiger partial charge in [0.1, 0.15) is 0 Å². The van der Waals surface area contributed by atoms with Gasteiger partial charge >= 0.3 is 5.97 Å². The molecule has 6 heteroatoms. The number of hydroxylamine groups is 2. The second kappa shape index (κ2) is 9.62. The van der Waals surface area contributed by atoms with E-state index >= 15 is 0 Å². The normalized spacial score (nSPS) is 17.1. The quantitative estimate of drug-likeness (QED) is 0.690. The van der Waals surface area contributed by atoms with Crippen LogP contribution in [0, 0.1) is 0 Å². The number of hydrogen-bond acceptors (Lipinski definition) is 6. The SMILES string of the molecule is CC(=O)ON1C/C(=C\c2ccc(N(C)C)cc2)C(=O)/C(=C/c2ccc(N(C)C)cc2)C1. The van der Waals surface area contributed by atoms with Gasteiger partial charge in [0.15, 0.2) is 5.78 Å². The lowest BCUT2D eigenvalue weighted by atomic mass is 9.95. The molecule has 0 bridgehead atoms. The molecule has 1 aliphatic heterocycles. The van der Waals surface area contributed by atoms with Crippen LogP contribution in [-0.2, 0) is 14.4 Å². The van der Waals surface area contributed by atoms with E-state index in [4.69, 9.17) is 4.84 Å². The van der Waals surface area contributed by atoms with E-state index in [0.717, 1.165) is 22.5 Å². The first-order valence-corrected chi connectivity index (χ1v) is 10.2. The molecule has 2 aromatic rings. The van der Waals surface area contributed by atoms with Gasteiger partial charge in [-0.1, -0.05) is 24.3 Å². The zero-order valence-corrected chi connectivity index (χ0v) is 18.8. The zero-order chi connectivity index (χ0) is 22.5. The Labute approximate surface area is 184 Å². The van der Waals surface area contributed by atoms with E-state index in [-0.39, 0.29) is 18.9 Å². The lowest BCUT2D eigenvalue weighted by Gasteiger charge is -2.28. The lowest BCUT2D eigenvalue weighted by molar-refractivity contribution is -0.185. The highest BCUT2D eigenvalue weighted by Gasteiger charge is 2.28. The van der Waals surface area contributed by atoms with E-state index in [1.54, 1.807) is 0 Å². The van der Waals surface area contributed by atoms with Crippen LogP contribution in [0.15, 0.2) is 59.7 Å². The average Bonchev–Trinajstić information content (AvgIpc) is 2.71. The third kappa shape index (κ3) is 5.83. The van der Waals surface area contributed by atoms with Crippen molar-refractivity contribution < 1.29 is 14.4 Å². The van der Waals surface area contributed by atoms with Crippen LogP contribution in [0.4, 0.5) is 11.4 Å². The van der Waals surface area contributed by atoms with Crippen molar-refractivity contribution in [1.29, 1.82) is 0 Å². The van der Waals surface area contributed by atoms with Gasteiger partial charge in [0.25, 0.3) is 0 Å². The molecule has 6 nitrogen and oxygen atoms in total. The molecule has 1 fully saturated rings. The van der Waals surface area contributed by atoms with Crippen molar-refractivity contribution in [3.63, 3.8) is 0 Å². The minimum atomic E-state index is -0.404. The zero-order valence-electron chi connectivity index (χ0n) is 18.8. The summed E-state index contributed by atoms with van der Waals surface area (Å²) in [4.78, 5) is 34.1. The molecule has 0 atom stereocenters. The van der Waals surface area contributed by atoms with E-state index in [9.17, 15) is 9.59 Å². The average molecular weight is 420 g/mol. The second-order valence-electron chi connectivity index (χ2n) is 8.02. The summed E-state index contributed by atoms with van der Waals surface area (Å²) in [5, 5.41) is 1.53. The van der Waals surface area contributed by atoms with Gasteiger partial charge < -0.3 is 14.6 Å². The maximum absolute atomic E-state index is 13.2. The molecular weight excluding hydrogens is 390 g/mol. The van der Waals surface area contributed by atoms with Crippen molar-refractivity contribution in [3.05, 3.63) is 70.8 Å². The molecular formula is C25H29N3O3. The Bertz CT molecular complexity index is 930. The number of piperidine rings is 1. The molecule has 0 unspecified atom stereocenters. The first-order chi connectivity index (χ1) is 14.7. The maximum Gasteiger partial charge on any atom is 0.322 e. The molecule has 2 aromatic carbocycles. The number of Topliss-reactive ketones (excluding diaryl/α,β-unsaturated/α-hetero) is 1. The minimum Gasteiger partial charge on any atom is -0.378 e. The number of nitrogens with zero attached hydrogens (tertiary/aromatic N) is 3. The van der Waals surface area contributed by atoms with Gasteiger partial charge in [-0.05, 0) is 47.5 Å². The molecule has 1 aliphatic rings. The Morgan fingerprint density at radius 1 is 0.806 bits per heavy atom. The summed E-state index contributed by atoms with van der Waals surface area (Å²) < 4.78 is 0. The number of carbonyl (C=O) groups is 2. The highest BCUT2D eigenvalue weighted by molar-refractivity contribution is 6.14. The van der Waals surface area contributed by atoms with Crippen molar-refractivity contribution in [2.45, 2.75) is 6.92 Å². The highest BCUT2D eigenvalue weighted by Crippen LogP contribution is 2.24. The van der Waals surface area contributed by atoms with Gasteiger partial charge in [-0.2, -0.15) is 0 Å². The number of carbonyl (C=O) groups excluding carboxylic acids is 2. The predicted molar refractivity (Wildman–Crippen MR) is 126 cm³/mol. The molecule has 0 radical (unpaired) electrons. The van der Waals surface area contributed by atoms with E-state index < -0.39 is 5.97 Å². The Hall–Kier alpha value is -3.38. The lowest BCUT2D eigenvalue weighted by Crippen LogP contribution is -2.38. The maximum atomic E-state index is 13.2. The molecule has 0 N–H and O–H groups in total. The molecule has 0 saturated carbocycles. The van der Waals surface area contributed by atoms with E-state index in [2.05, 4.69) is 0 Å². The van der Waals surface area contributed by atoms with Gasteiger partial charge in [-0.3, -0.25) is 9.59 Å². The van der Waals surface area contributed by atoms with Crippen molar-refractivity contribution in [1.82, 2.24) is 5.06 Å². The fourth-order valence-electron chi connectivity index (χ4n) is 3.39. The first-order valence-electron chi connectivity index (χ1n) is 10.2. The molecule has 0 spiro atoms. The van der Waals surface area contributed by atoms with Crippen LogP contribution in [-0.4, -0.2) is 58.1 Å². The van der Waals surface area contributed by atoms with Crippen molar-refractivity contribution in [2.24, 2.45) is 0 Å². The van der Waals surface area contributed by atoms with Crippen LogP contribution >= 0.6 is 0 Å². The van der Waals surface area contributed by atoms with Gasteiger partial charge in [-0.15, -0.1) is 5.06 Å². The monoisotopic (exact) mass is 419 g/mol. The summed E-state index contributed by atoms with van der Waals surface area (Å²) >= 11 is 0. The molecule has 1 heterocycles. The van der Waals surface area contributed by atoms with Gasteiger partial charge in [0.2, 0.25) is 0 Å². The van der Waals surface area contributed by atoms with E-state index in [1.165, 1.54) is 12.0 Å². The molecule has 3 rings (SSSR count). The van der Waals surface area contributed by atoms with Crippen LogP contribution < -0.4 is 9.80 Å². The summed E-state index contributed by atoms with van der Waals surface area (Å²) in [5.74, 6) is -0.435. The Kier molecular flexibility index (Phi) is 6.92. The fourth-order valence-corrected chi connectivity index (χ4v) is 3.39. The van der Waals surface area contributed by atoms with Crippen molar-refractivity contribution in [2.75, 3.05) is 51.1 Å². The summed E-state index contributed by atoms with van der Waals surface area (Å²) in [6.07, 6.45) is 3.72. The summed E-state index contributed by atoms with van der Waals surface area (Å²) in [6, 6.07) is 15.9. The Balaban J connectivity index is 1.92. The Morgan fingerprint density at radius 2 is 1.19 bits per heavy atom. The molecule has 162 valence electrons. The third-order valence-electron chi connectivity index (χ3n) is 5.04. The molecule has 0 aromatic heterocycles. The molecule has 0 aliphatic carbocycles. The number of hydrogen-bond donors (Lipinski definition) is 0. The number of rotatable bonds is 5. The topological polar surface area (TPSA) is 53.1 Å². The minimum absolute atomic E-state index is 0.0308. The van der Waals surface area contributed by atoms with Crippen LogP contribution in [0.2, 0.25) is 0 Å². The summed E-state index contributed by atoms with van der Waals surface area (Å²) in [7, 11) is 7.93. The molecule has 31 heavy (non-hydrogen) atoms. The van der Waals surface area contributed by atoms with Gasteiger partial charge in [0, 0.05) is 57.6 Å². The van der Waals surface area contributed by atoms with Crippen LogP contribution in [0.1, 0.15) is 18.1 Å². The molecule has 0 amide bonds. The van der Waals surface area contributed by atoms with Crippen molar-refractivity contribution in [3.8, 4) is 0 Å². The number of ketones is 1. The van der Waals surface area contributed by atoms with Gasteiger partial charge in [-0.25, -0.2) is 0 Å². The summed E-state index contributed by atoms with van der Waals surface area (Å²) in [6.45, 7) is 1.87.